The van der Waals surface area contributed by atoms with Gasteiger partial charge in [0.1, 0.15) is 5.82 Å². The van der Waals surface area contributed by atoms with Gasteiger partial charge in [-0.2, -0.15) is 0 Å². The Hall–Kier alpha value is -1.98. The van der Waals surface area contributed by atoms with Crippen molar-refractivity contribution in [3.05, 3.63) is 57.8 Å². The smallest absolute Gasteiger partial charge is 0.321 e. The minimum absolute atomic E-state index is 0.107. The number of aryl methyl sites for hydroxylation is 1. The molecule has 0 radical (unpaired) electrons. The van der Waals surface area contributed by atoms with Crippen LogP contribution >= 0.6 is 23.2 Å². The maximum Gasteiger partial charge on any atom is 0.321 e. The lowest BCUT2D eigenvalue weighted by Crippen LogP contribution is -2.50. The SMILES string of the molecule is Cc1cc(Cl)ccc1NC(=O)N1CCN(c2ccc(F)c(Cl)c2)CC1. The Balaban J connectivity index is 1.59. The van der Waals surface area contributed by atoms with Crippen LogP contribution < -0.4 is 10.2 Å². The lowest BCUT2D eigenvalue weighted by molar-refractivity contribution is 0.208. The summed E-state index contributed by atoms with van der Waals surface area (Å²) in [5.74, 6) is -0.429. The summed E-state index contributed by atoms with van der Waals surface area (Å²) in [4.78, 5) is 16.3. The number of hydrogen-bond donors (Lipinski definition) is 1. The van der Waals surface area contributed by atoms with Crippen LogP contribution in [0.3, 0.4) is 0 Å². The van der Waals surface area contributed by atoms with Gasteiger partial charge in [-0.3, -0.25) is 0 Å². The van der Waals surface area contributed by atoms with Crippen LogP contribution in [0.5, 0.6) is 0 Å². The predicted octanol–water partition coefficient (Wildman–Crippen LogP) is 4.80. The van der Waals surface area contributed by atoms with E-state index in [4.69, 9.17) is 23.2 Å². The summed E-state index contributed by atoms with van der Waals surface area (Å²) in [6, 6.07) is 9.90. The first-order chi connectivity index (χ1) is 11.9. The number of hydrogen-bond acceptors (Lipinski definition) is 2. The molecular weight excluding hydrogens is 364 g/mol. The van der Waals surface area contributed by atoms with E-state index in [2.05, 4.69) is 10.2 Å². The number of rotatable bonds is 2. The Bertz CT molecular complexity index is 792. The first kappa shape index (κ1) is 17.8. The van der Waals surface area contributed by atoms with Crippen LogP contribution in [0.2, 0.25) is 10.0 Å². The monoisotopic (exact) mass is 381 g/mol. The van der Waals surface area contributed by atoms with Gasteiger partial charge in [-0.25, -0.2) is 9.18 Å². The van der Waals surface area contributed by atoms with Gasteiger partial charge in [0.15, 0.2) is 0 Å². The Kier molecular flexibility index (Phi) is 5.35. The molecule has 1 heterocycles. The van der Waals surface area contributed by atoms with Gasteiger partial charge in [-0.05, 0) is 48.9 Å². The van der Waals surface area contributed by atoms with Gasteiger partial charge in [0.25, 0.3) is 0 Å². The first-order valence-corrected chi connectivity index (χ1v) is 8.72. The van der Waals surface area contributed by atoms with Gasteiger partial charge >= 0.3 is 6.03 Å². The molecule has 0 aromatic heterocycles. The molecule has 7 heteroatoms. The Morgan fingerprint density at radius 3 is 2.44 bits per heavy atom. The van der Waals surface area contributed by atoms with Crippen molar-refractivity contribution in [1.29, 1.82) is 0 Å². The Labute approximate surface area is 156 Å². The van der Waals surface area contributed by atoms with Crippen molar-refractivity contribution in [1.82, 2.24) is 4.90 Å². The van der Waals surface area contributed by atoms with Gasteiger partial charge in [0.2, 0.25) is 0 Å². The van der Waals surface area contributed by atoms with E-state index in [1.54, 1.807) is 29.2 Å². The van der Waals surface area contributed by atoms with Gasteiger partial charge < -0.3 is 15.1 Å². The number of benzene rings is 2. The van der Waals surface area contributed by atoms with E-state index in [1.807, 2.05) is 13.0 Å². The van der Waals surface area contributed by atoms with Crippen LogP contribution in [0.1, 0.15) is 5.56 Å². The zero-order chi connectivity index (χ0) is 18.0. The molecule has 2 amide bonds. The van der Waals surface area contributed by atoms with E-state index < -0.39 is 5.82 Å². The summed E-state index contributed by atoms with van der Waals surface area (Å²) in [5.41, 5.74) is 2.53. The molecule has 25 heavy (non-hydrogen) atoms. The second kappa shape index (κ2) is 7.50. The quantitative estimate of drug-likeness (QED) is 0.810. The highest BCUT2D eigenvalue weighted by atomic mass is 35.5. The fourth-order valence-electron chi connectivity index (χ4n) is 2.81. The molecule has 132 valence electrons. The molecular formula is C18H18Cl2FN3O. The molecule has 0 spiro atoms. The number of carbonyl (C=O) groups is 1. The molecule has 1 aliphatic heterocycles. The standard InChI is InChI=1S/C18H18Cl2FN3O/c1-12-10-13(19)2-5-17(12)22-18(25)24-8-6-23(7-9-24)14-3-4-16(21)15(20)11-14/h2-5,10-11H,6-9H2,1H3,(H,22,25). The highest BCUT2D eigenvalue weighted by Crippen LogP contribution is 2.24. The van der Waals surface area contributed by atoms with E-state index in [-0.39, 0.29) is 11.1 Å². The number of halogens is 3. The summed E-state index contributed by atoms with van der Waals surface area (Å²) in [7, 11) is 0. The van der Waals surface area contributed by atoms with E-state index in [1.165, 1.54) is 6.07 Å². The molecule has 1 N–H and O–H groups in total. The molecule has 3 rings (SSSR count). The van der Waals surface area contributed by atoms with Crippen molar-refractivity contribution in [3.8, 4) is 0 Å². The molecule has 0 atom stereocenters. The number of carbonyl (C=O) groups excluding carboxylic acids is 1. The molecule has 2 aromatic rings. The summed E-state index contributed by atoms with van der Waals surface area (Å²) in [5, 5.41) is 3.67. The van der Waals surface area contributed by atoms with Crippen LogP contribution in [-0.4, -0.2) is 37.1 Å². The van der Waals surface area contributed by atoms with Crippen molar-refractivity contribution in [2.75, 3.05) is 36.4 Å². The predicted molar refractivity (Wildman–Crippen MR) is 100 cm³/mol. The number of nitrogens with one attached hydrogen (secondary N) is 1. The zero-order valence-electron chi connectivity index (χ0n) is 13.7. The number of anilines is 2. The number of piperazine rings is 1. The summed E-state index contributed by atoms with van der Waals surface area (Å²) < 4.78 is 13.3. The van der Waals surface area contributed by atoms with Crippen LogP contribution in [0.25, 0.3) is 0 Å². The third-order valence-electron chi connectivity index (χ3n) is 4.27. The van der Waals surface area contributed by atoms with E-state index in [0.717, 1.165) is 16.9 Å². The lowest BCUT2D eigenvalue weighted by Gasteiger charge is -2.36. The molecule has 1 saturated heterocycles. The number of amides is 2. The molecule has 1 aliphatic rings. The topological polar surface area (TPSA) is 35.6 Å². The van der Waals surface area contributed by atoms with Gasteiger partial charge in [-0.1, -0.05) is 23.2 Å². The van der Waals surface area contributed by atoms with Crippen LogP contribution in [0, 0.1) is 12.7 Å². The average molecular weight is 382 g/mol. The Morgan fingerprint density at radius 1 is 1.08 bits per heavy atom. The molecule has 0 unspecified atom stereocenters. The van der Waals surface area contributed by atoms with Crippen molar-refractivity contribution < 1.29 is 9.18 Å². The minimum Gasteiger partial charge on any atom is -0.368 e. The first-order valence-electron chi connectivity index (χ1n) is 7.96. The molecule has 0 bridgehead atoms. The van der Waals surface area contributed by atoms with E-state index in [0.29, 0.717) is 31.2 Å². The molecule has 4 nitrogen and oxygen atoms in total. The minimum atomic E-state index is -0.429. The average Bonchev–Trinajstić information content (AvgIpc) is 2.60. The van der Waals surface area contributed by atoms with E-state index >= 15 is 0 Å². The summed E-state index contributed by atoms with van der Waals surface area (Å²) in [6.07, 6.45) is 0. The van der Waals surface area contributed by atoms with Crippen molar-refractivity contribution >= 4 is 40.6 Å². The molecule has 2 aromatic carbocycles. The van der Waals surface area contributed by atoms with Crippen LogP contribution in [-0.2, 0) is 0 Å². The third kappa shape index (κ3) is 4.17. The molecule has 0 saturated carbocycles. The second-order valence-electron chi connectivity index (χ2n) is 5.96. The third-order valence-corrected chi connectivity index (χ3v) is 4.79. The lowest BCUT2D eigenvalue weighted by atomic mass is 10.2. The van der Waals surface area contributed by atoms with Crippen molar-refractivity contribution in [3.63, 3.8) is 0 Å². The zero-order valence-corrected chi connectivity index (χ0v) is 15.2. The fraction of sp³-hybridized carbons (Fsp3) is 0.278. The van der Waals surface area contributed by atoms with Crippen LogP contribution in [0.4, 0.5) is 20.6 Å². The maximum absolute atomic E-state index is 13.3. The summed E-state index contributed by atoms with van der Waals surface area (Å²) >= 11 is 11.8. The largest absolute Gasteiger partial charge is 0.368 e. The maximum atomic E-state index is 13.3. The van der Waals surface area contributed by atoms with Gasteiger partial charge in [0.05, 0.1) is 5.02 Å². The highest BCUT2D eigenvalue weighted by molar-refractivity contribution is 6.31. The van der Waals surface area contributed by atoms with Crippen molar-refractivity contribution in [2.24, 2.45) is 0 Å². The van der Waals surface area contributed by atoms with Crippen molar-refractivity contribution in [2.45, 2.75) is 6.92 Å². The highest BCUT2D eigenvalue weighted by Gasteiger charge is 2.22. The van der Waals surface area contributed by atoms with E-state index in [9.17, 15) is 9.18 Å². The molecule has 0 aliphatic carbocycles. The van der Waals surface area contributed by atoms with Crippen LogP contribution in [0.15, 0.2) is 36.4 Å². The van der Waals surface area contributed by atoms with Gasteiger partial charge in [0, 0.05) is 42.6 Å². The van der Waals surface area contributed by atoms with Gasteiger partial charge in [-0.15, -0.1) is 0 Å². The molecule has 1 fully saturated rings. The number of urea groups is 1. The Morgan fingerprint density at radius 2 is 1.80 bits per heavy atom. The fourth-order valence-corrected chi connectivity index (χ4v) is 3.21. The summed E-state index contributed by atoms with van der Waals surface area (Å²) in [6.45, 7) is 4.38. The normalized spacial score (nSPS) is 14.6. The second-order valence-corrected chi connectivity index (χ2v) is 6.81. The number of nitrogens with zero attached hydrogens (tertiary/aromatic N) is 2.